The summed E-state index contributed by atoms with van der Waals surface area (Å²) < 4.78 is 4.38. The lowest BCUT2D eigenvalue weighted by molar-refractivity contribution is -0.140. The van der Waals surface area contributed by atoms with Crippen LogP contribution in [0.4, 0.5) is 0 Å². The van der Waals surface area contributed by atoms with Crippen LogP contribution in [-0.2, 0) is 14.3 Å². The van der Waals surface area contributed by atoms with Gasteiger partial charge < -0.3 is 4.74 Å². The highest BCUT2D eigenvalue weighted by Crippen LogP contribution is 1.74. The van der Waals surface area contributed by atoms with Gasteiger partial charge in [-0.3, -0.25) is 9.59 Å². The van der Waals surface area contributed by atoms with Gasteiger partial charge >= 0.3 is 5.97 Å². The second-order valence-electron chi connectivity index (χ2n) is 1.39. The van der Waals surface area contributed by atoms with E-state index in [9.17, 15) is 9.59 Å². The Bertz CT molecular complexity index is 108. The number of carbonyl (C=O) groups excluding carboxylic acids is 2. The Morgan fingerprint density at radius 2 is 1.70 bits per heavy atom. The van der Waals surface area contributed by atoms with Crippen molar-refractivity contribution in [2.45, 2.75) is 20.8 Å². The summed E-state index contributed by atoms with van der Waals surface area (Å²) in [5.74, 6) is -0.211. The van der Waals surface area contributed by atoms with Crippen molar-refractivity contribution < 1.29 is 14.3 Å². The Labute approximate surface area is 68.9 Å². The predicted molar refractivity (Wildman–Crippen MR) is 41.9 cm³/mol. The Morgan fingerprint density at radius 1 is 1.40 bits per heavy atom. The number of esters is 1. The summed E-state index contributed by atoms with van der Waals surface area (Å²) in [4.78, 5) is 19.2. The molecule has 0 aliphatic carbocycles. The van der Waals surface area contributed by atoms with Gasteiger partial charge in [0.15, 0.2) is 4.69 Å². The van der Waals surface area contributed by atoms with Crippen LogP contribution < -0.4 is 0 Å². The Morgan fingerprint density at radius 3 is 1.70 bits per heavy atom. The van der Waals surface area contributed by atoms with Gasteiger partial charge in [0.2, 0.25) is 0 Å². The monoisotopic (exact) mass is 210 g/mol. The van der Waals surface area contributed by atoms with E-state index in [2.05, 4.69) is 20.7 Å². The molecule has 0 aromatic rings. The van der Waals surface area contributed by atoms with Crippen LogP contribution in [-0.4, -0.2) is 17.3 Å². The summed E-state index contributed by atoms with van der Waals surface area (Å²) in [7, 11) is 0. The van der Waals surface area contributed by atoms with Crippen molar-refractivity contribution in [3.8, 4) is 0 Å². The zero-order chi connectivity index (χ0) is 8.57. The summed E-state index contributed by atoms with van der Waals surface area (Å²) in [6.07, 6.45) is 0. The highest BCUT2D eigenvalue weighted by atomic mass is 79.9. The van der Waals surface area contributed by atoms with Crippen molar-refractivity contribution >= 4 is 26.6 Å². The molecule has 10 heavy (non-hydrogen) atoms. The maximum atomic E-state index is 9.82. The molecule has 0 rings (SSSR count). The molecule has 0 aromatic carbocycles. The maximum absolute atomic E-state index is 9.82. The first-order chi connectivity index (χ1) is 4.50. The summed E-state index contributed by atoms with van der Waals surface area (Å²) in [6, 6.07) is 0. The van der Waals surface area contributed by atoms with E-state index in [0.29, 0.717) is 6.61 Å². The van der Waals surface area contributed by atoms with Gasteiger partial charge in [0.1, 0.15) is 0 Å². The molecule has 4 heteroatoms. The van der Waals surface area contributed by atoms with Crippen molar-refractivity contribution in [3.05, 3.63) is 0 Å². The van der Waals surface area contributed by atoms with Crippen LogP contribution >= 0.6 is 15.9 Å². The van der Waals surface area contributed by atoms with Crippen molar-refractivity contribution in [2.24, 2.45) is 0 Å². The molecular formula is C6H11BrO3. The molecule has 0 spiro atoms. The molecule has 0 atom stereocenters. The molecular weight excluding hydrogens is 200 g/mol. The molecule has 0 amide bonds. The van der Waals surface area contributed by atoms with Gasteiger partial charge in [-0.05, 0) is 22.9 Å². The fraction of sp³-hybridized carbons (Fsp3) is 0.667. The number of hydrogen-bond acceptors (Lipinski definition) is 3. The molecule has 0 unspecified atom stereocenters. The molecule has 0 N–H and O–H groups in total. The standard InChI is InChI=1S/C4H8O2.C2H3BrO/c1-3-6-4(2)5;1-2(3)4/h3H2,1-2H3;1H3. The minimum atomic E-state index is -0.211. The number of rotatable bonds is 1. The van der Waals surface area contributed by atoms with Crippen LogP contribution in [0, 0.1) is 0 Å². The second-order valence-corrected chi connectivity index (χ2v) is 2.51. The molecule has 0 radical (unpaired) electrons. The van der Waals surface area contributed by atoms with E-state index in [1.807, 2.05) is 0 Å². The van der Waals surface area contributed by atoms with Gasteiger partial charge in [0.25, 0.3) is 0 Å². The summed E-state index contributed by atoms with van der Waals surface area (Å²) in [5, 5.41) is 0. The summed E-state index contributed by atoms with van der Waals surface area (Å²) >= 11 is 2.63. The fourth-order valence-corrected chi connectivity index (χ4v) is 0.203. The minimum Gasteiger partial charge on any atom is -0.466 e. The Balaban J connectivity index is 0. The average Bonchev–Trinajstić information content (AvgIpc) is 1.62. The Hall–Kier alpha value is -0.380. The number of ether oxygens (including phenoxy) is 1. The van der Waals surface area contributed by atoms with E-state index < -0.39 is 0 Å². The van der Waals surface area contributed by atoms with E-state index >= 15 is 0 Å². The molecule has 3 nitrogen and oxygen atoms in total. The van der Waals surface area contributed by atoms with Crippen LogP contribution in [0.1, 0.15) is 20.8 Å². The molecule has 0 aliphatic heterocycles. The van der Waals surface area contributed by atoms with Crippen molar-refractivity contribution in [1.82, 2.24) is 0 Å². The lowest BCUT2D eigenvalue weighted by Crippen LogP contribution is -1.95. The normalized spacial score (nSPS) is 7.20. The van der Waals surface area contributed by atoms with Crippen molar-refractivity contribution in [1.29, 1.82) is 0 Å². The maximum Gasteiger partial charge on any atom is 0.302 e. The average molecular weight is 211 g/mol. The van der Waals surface area contributed by atoms with E-state index in [-0.39, 0.29) is 10.7 Å². The van der Waals surface area contributed by atoms with Gasteiger partial charge in [-0.2, -0.15) is 0 Å². The number of hydrogen-bond donors (Lipinski definition) is 0. The molecule has 60 valence electrons. The van der Waals surface area contributed by atoms with Crippen LogP contribution in [0.25, 0.3) is 0 Å². The summed E-state index contributed by atoms with van der Waals surface area (Å²) in [5.41, 5.74) is 0. The molecule has 0 fully saturated rings. The largest absolute Gasteiger partial charge is 0.466 e. The van der Waals surface area contributed by atoms with E-state index in [4.69, 9.17) is 0 Å². The van der Waals surface area contributed by atoms with Crippen LogP contribution in [0.15, 0.2) is 0 Å². The highest BCUT2D eigenvalue weighted by molar-refractivity contribution is 9.18. The third kappa shape index (κ3) is 48.6. The van der Waals surface area contributed by atoms with Gasteiger partial charge in [0, 0.05) is 13.8 Å². The quantitative estimate of drug-likeness (QED) is 0.487. The molecule has 0 heterocycles. The van der Waals surface area contributed by atoms with Crippen molar-refractivity contribution in [2.75, 3.05) is 6.61 Å². The van der Waals surface area contributed by atoms with E-state index in [1.54, 1.807) is 6.92 Å². The first-order valence-electron chi connectivity index (χ1n) is 2.80. The summed E-state index contributed by atoms with van der Waals surface area (Å²) in [6.45, 7) is 5.10. The number of carbonyl (C=O) groups is 2. The van der Waals surface area contributed by atoms with Crippen LogP contribution in [0.2, 0.25) is 0 Å². The highest BCUT2D eigenvalue weighted by Gasteiger charge is 1.81. The van der Waals surface area contributed by atoms with Crippen LogP contribution in [0.3, 0.4) is 0 Å². The van der Waals surface area contributed by atoms with Crippen molar-refractivity contribution in [3.63, 3.8) is 0 Å². The van der Waals surface area contributed by atoms with Crippen LogP contribution in [0.5, 0.6) is 0 Å². The van der Waals surface area contributed by atoms with Gasteiger partial charge in [-0.25, -0.2) is 0 Å². The van der Waals surface area contributed by atoms with Gasteiger partial charge in [0.05, 0.1) is 6.61 Å². The predicted octanol–water partition coefficient (Wildman–Crippen LogP) is 1.50. The SMILES string of the molecule is CC(=O)Br.CCOC(C)=O. The first kappa shape index (κ1) is 12.3. The molecule has 0 saturated heterocycles. The molecule has 0 aromatic heterocycles. The zero-order valence-corrected chi connectivity index (χ0v) is 7.90. The van der Waals surface area contributed by atoms with E-state index in [1.165, 1.54) is 13.8 Å². The third-order valence-electron chi connectivity index (χ3n) is 0.348. The smallest absolute Gasteiger partial charge is 0.302 e. The second kappa shape index (κ2) is 8.62. The fourth-order valence-electron chi connectivity index (χ4n) is 0.203. The lowest BCUT2D eigenvalue weighted by Gasteiger charge is -1.89. The Kier molecular flexibility index (Phi) is 10.6. The number of halogens is 1. The molecule has 0 bridgehead atoms. The van der Waals surface area contributed by atoms with Gasteiger partial charge in [-0.15, -0.1) is 0 Å². The third-order valence-corrected chi connectivity index (χ3v) is 0.348. The minimum absolute atomic E-state index is 0.0208. The first-order valence-corrected chi connectivity index (χ1v) is 3.59. The molecule has 0 aliphatic rings. The van der Waals surface area contributed by atoms with Gasteiger partial charge in [-0.1, -0.05) is 0 Å². The zero-order valence-electron chi connectivity index (χ0n) is 6.31. The van der Waals surface area contributed by atoms with E-state index in [0.717, 1.165) is 0 Å². The molecule has 0 saturated carbocycles. The lowest BCUT2D eigenvalue weighted by atomic mass is 10.8. The topological polar surface area (TPSA) is 43.4 Å².